The van der Waals surface area contributed by atoms with E-state index >= 15 is 0 Å². The van der Waals surface area contributed by atoms with E-state index in [4.69, 9.17) is 16.3 Å². The van der Waals surface area contributed by atoms with Crippen molar-refractivity contribution in [3.05, 3.63) is 47.2 Å². The fourth-order valence-electron chi connectivity index (χ4n) is 1.28. The maximum Gasteiger partial charge on any atom is 0.113 e. The van der Waals surface area contributed by atoms with E-state index in [0.717, 1.165) is 17.0 Å². The average molecular weight is 238 g/mol. The summed E-state index contributed by atoms with van der Waals surface area (Å²) >= 11 is 5.80. The topological polar surface area (TPSA) is 21.6 Å². The second-order valence-corrected chi connectivity index (χ2v) is 3.86. The van der Waals surface area contributed by atoms with E-state index in [1.807, 2.05) is 37.4 Å². The molecule has 0 bridgehead atoms. The van der Waals surface area contributed by atoms with Crippen LogP contribution in [0.5, 0.6) is 0 Å². The second-order valence-electron chi connectivity index (χ2n) is 3.42. The highest BCUT2D eigenvalue weighted by Gasteiger charge is 2.07. The number of ether oxygens (including phenoxy) is 1. The molecule has 1 atom stereocenters. The van der Waals surface area contributed by atoms with Crippen molar-refractivity contribution in [2.45, 2.75) is 19.4 Å². The van der Waals surface area contributed by atoms with Crippen LogP contribution in [0.1, 0.15) is 18.9 Å². The van der Waals surface area contributed by atoms with Crippen molar-refractivity contribution in [3.63, 3.8) is 0 Å². The van der Waals surface area contributed by atoms with Crippen LogP contribution in [0.4, 0.5) is 0 Å². The Labute approximate surface area is 102 Å². The monoisotopic (exact) mass is 237 g/mol. The summed E-state index contributed by atoms with van der Waals surface area (Å²) in [5.41, 5.74) is 1.02. The van der Waals surface area contributed by atoms with Crippen molar-refractivity contribution < 1.29 is 4.74 Å². The van der Waals surface area contributed by atoms with Gasteiger partial charge in [-0.05, 0) is 24.1 Å². The van der Waals surface area contributed by atoms with Crippen molar-refractivity contribution in [1.29, 1.82) is 0 Å². The van der Waals surface area contributed by atoms with Crippen LogP contribution >= 0.6 is 11.6 Å². The molecular formula is C13H16ClNO. The Morgan fingerprint density at radius 1 is 1.50 bits per heavy atom. The van der Waals surface area contributed by atoms with Gasteiger partial charge in [0.2, 0.25) is 0 Å². The minimum Gasteiger partial charge on any atom is -0.499 e. The van der Waals surface area contributed by atoms with E-state index < -0.39 is 0 Å². The summed E-state index contributed by atoms with van der Waals surface area (Å²) in [7, 11) is 1.61. The maximum absolute atomic E-state index is 5.80. The van der Waals surface area contributed by atoms with Crippen LogP contribution in [-0.4, -0.2) is 19.4 Å². The number of hydrogen-bond acceptors (Lipinski definition) is 2. The number of nitrogens with zero attached hydrogens (tertiary/aromatic N) is 1. The van der Waals surface area contributed by atoms with Crippen LogP contribution in [0.3, 0.4) is 0 Å². The lowest BCUT2D eigenvalue weighted by Crippen LogP contribution is -2.07. The zero-order chi connectivity index (χ0) is 12.0. The molecular weight excluding hydrogens is 222 g/mol. The van der Waals surface area contributed by atoms with Gasteiger partial charge < -0.3 is 4.74 Å². The lowest BCUT2D eigenvalue weighted by molar-refractivity contribution is 0.265. The third kappa shape index (κ3) is 3.70. The van der Waals surface area contributed by atoms with Crippen LogP contribution in [0.15, 0.2) is 41.6 Å². The third-order valence-corrected chi connectivity index (χ3v) is 2.55. The van der Waals surface area contributed by atoms with Gasteiger partial charge in [0.25, 0.3) is 0 Å². The molecule has 0 fully saturated rings. The summed E-state index contributed by atoms with van der Waals surface area (Å²) < 4.78 is 5.08. The summed E-state index contributed by atoms with van der Waals surface area (Å²) in [6, 6.07) is 7.55. The summed E-state index contributed by atoms with van der Waals surface area (Å²) in [5.74, 6) is 0.688. The molecule has 1 aromatic carbocycles. The van der Waals surface area contributed by atoms with Crippen LogP contribution in [0.25, 0.3) is 0 Å². The van der Waals surface area contributed by atoms with E-state index in [9.17, 15) is 0 Å². The molecule has 1 rings (SSSR count). The summed E-state index contributed by atoms with van der Waals surface area (Å²) in [5, 5.41) is 0.727. The number of methoxy groups -OCH3 is 1. The van der Waals surface area contributed by atoms with Gasteiger partial charge in [-0.15, -0.1) is 0 Å². The van der Waals surface area contributed by atoms with Crippen LogP contribution in [0, 0.1) is 0 Å². The molecule has 0 amide bonds. The molecule has 3 heteroatoms. The molecule has 0 N–H and O–H groups in total. The summed E-state index contributed by atoms with van der Waals surface area (Å²) in [4.78, 5) is 4.42. The van der Waals surface area contributed by atoms with Gasteiger partial charge in [-0.25, -0.2) is 0 Å². The minimum absolute atomic E-state index is 0.0145. The lowest BCUT2D eigenvalue weighted by Gasteiger charge is -2.11. The molecule has 16 heavy (non-hydrogen) atoms. The molecule has 86 valence electrons. The standard InChI is InChI=1S/C13H16ClNO/c1-4-13(10(2)16-3)15-9-11-5-7-12(14)8-6-11/h5-9,13H,2,4H2,1,3H3/b15-9+. The molecule has 2 nitrogen and oxygen atoms in total. The first-order chi connectivity index (χ1) is 7.67. The second kappa shape index (κ2) is 6.33. The van der Waals surface area contributed by atoms with Crippen molar-refractivity contribution >= 4 is 17.8 Å². The van der Waals surface area contributed by atoms with Gasteiger partial charge in [0.1, 0.15) is 11.8 Å². The largest absolute Gasteiger partial charge is 0.499 e. The molecule has 0 saturated heterocycles. The Balaban J connectivity index is 2.71. The van der Waals surface area contributed by atoms with Gasteiger partial charge >= 0.3 is 0 Å². The number of rotatable bonds is 5. The number of benzene rings is 1. The Morgan fingerprint density at radius 2 is 2.12 bits per heavy atom. The van der Waals surface area contributed by atoms with Gasteiger partial charge in [0.15, 0.2) is 0 Å². The Morgan fingerprint density at radius 3 is 2.62 bits per heavy atom. The maximum atomic E-state index is 5.80. The van der Waals surface area contributed by atoms with E-state index in [2.05, 4.69) is 11.6 Å². The van der Waals surface area contributed by atoms with Crippen LogP contribution in [-0.2, 0) is 4.74 Å². The zero-order valence-corrected chi connectivity index (χ0v) is 10.4. The minimum atomic E-state index is 0.0145. The van der Waals surface area contributed by atoms with Crippen molar-refractivity contribution in [2.24, 2.45) is 4.99 Å². The molecule has 0 aliphatic heterocycles. The number of aliphatic imine (C=N–C) groups is 1. The first-order valence-corrected chi connectivity index (χ1v) is 5.56. The predicted octanol–water partition coefficient (Wildman–Crippen LogP) is 3.70. The average Bonchev–Trinajstić information content (AvgIpc) is 2.31. The van der Waals surface area contributed by atoms with Crippen LogP contribution < -0.4 is 0 Å². The van der Waals surface area contributed by atoms with Gasteiger partial charge in [-0.1, -0.05) is 37.2 Å². The molecule has 0 spiro atoms. The fraction of sp³-hybridized carbons (Fsp3) is 0.308. The number of halogens is 1. The molecule has 1 aromatic rings. The molecule has 0 radical (unpaired) electrons. The highest BCUT2D eigenvalue weighted by molar-refractivity contribution is 6.30. The number of hydrogen-bond donors (Lipinski definition) is 0. The highest BCUT2D eigenvalue weighted by atomic mass is 35.5. The smallest absolute Gasteiger partial charge is 0.113 e. The Bertz CT molecular complexity index is 370. The zero-order valence-electron chi connectivity index (χ0n) is 9.61. The Hall–Kier alpha value is -1.28. The highest BCUT2D eigenvalue weighted by Crippen LogP contribution is 2.11. The molecule has 0 aliphatic carbocycles. The normalized spacial score (nSPS) is 12.7. The lowest BCUT2D eigenvalue weighted by atomic mass is 10.2. The van der Waals surface area contributed by atoms with Crippen molar-refractivity contribution in [2.75, 3.05) is 7.11 Å². The van der Waals surface area contributed by atoms with Crippen molar-refractivity contribution in [1.82, 2.24) is 0 Å². The van der Waals surface area contributed by atoms with Gasteiger partial charge in [-0.2, -0.15) is 0 Å². The first-order valence-electron chi connectivity index (χ1n) is 5.19. The van der Waals surface area contributed by atoms with Gasteiger partial charge in [0, 0.05) is 11.2 Å². The molecule has 0 saturated carbocycles. The van der Waals surface area contributed by atoms with E-state index in [-0.39, 0.29) is 6.04 Å². The summed E-state index contributed by atoms with van der Waals surface area (Å²) in [6.07, 6.45) is 2.69. The summed E-state index contributed by atoms with van der Waals surface area (Å²) in [6.45, 7) is 5.86. The molecule has 0 aliphatic rings. The van der Waals surface area contributed by atoms with Crippen molar-refractivity contribution in [3.8, 4) is 0 Å². The Kier molecular flexibility index (Phi) is 5.06. The van der Waals surface area contributed by atoms with E-state index in [0.29, 0.717) is 5.76 Å². The molecule has 0 aromatic heterocycles. The molecule has 1 unspecified atom stereocenters. The fourth-order valence-corrected chi connectivity index (χ4v) is 1.40. The quantitative estimate of drug-likeness (QED) is 0.565. The van der Waals surface area contributed by atoms with E-state index in [1.165, 1.54) is 0 Å². The predicted molar refractivity (Wildman–Crippen MR) is 69.3 cm³/mol. The first kappa shape index (κ1) is 12.8. The molecule has 0 heterocycles. The van der Waals surface area contributed by atoms with Gasteiger partial charge in [-0.3, -0.25) is 4.99 Å². The van der Waals surface area contributed by atoms with E-state index in [1.54, 1.807) is 7.11 Å². The SMILES string of the molecule is C=C(OC)C(CC)/N=C/c1ccc(Cl)cc1. The van der Waals surface area contributed by atoms with Crippen LogP contribution in [0.2, 0.25) is 5.02 Å². The third-order valence-electron chi connectivity index (χ3n) is 2.29. The van der Waals surface area contributed by atoms with Gasteiger partial charge in [0.05, 0.1) is 7.11 Å².